The quantitative estimate of drug-likeness (QED) is 0.326. The van der Waals surface area contributed by atoms with Crippen LogP contribution in [0.1, 0.15) is 30.4 Å². The zero-order chi connectivity index (χ0) is 28.3. The molecule has 3 aromatic rings. The second kappa shape index (κ2) is 14.6. The van der Waals surface area contributed by atoms with Gasteiger partial charge >= 0.3 is 0 Å². The molecule has 40 heavy (non-hydrogen) atoms. The fourth-order valence-electron chi connectivity index (χ4n) is 5.21. The normalized spacial score (nSPS) is 16.6. The van der Waals surface area contributed by atoms with Gasteiger partial charge in [-0.05, 0) is 41.3 Å². The number of ether oxygens (including phenoxy) is 1. The Labute approximate surface area is 236 Å². The number of hydrogen-bond donors (Lipinski definition) is 3. The molecule has 3 aromatic carbocycles. The number of piperidine rings is 1. The van der Waals surface area contributed by atoms with Gasteiger partial charge in [-0.2, -0.15) is 0 Å². The Morgan fingerprint density at radius 3 is 2.42 bits per heavy atom. The van der Waals surface area contributed by atoms with Crippen molar-refractivity contribution in [2.75, 3.05) is 33.9 Å². The Kier molecular flexibility index (Phi) is 10.7. The zero-order valence-corrected chi connectivity index (χ0v) is 23.4. The predicted molar refractivity (Wildman–Crippen MR) is 157 cm³/mol. The van der Waals surface area contributed by atoms with E-state index in [4.69, 9.17) is 4.74 Å². The van der Waals surface area contributed by atoms with Gasteiger partial charge in [-0.3, -0.25) is 14.4 Å². The lowest BCUT2D eigenvalue weighted by Crippen LogP contribution is -2.55. The maximum absolute atomic E-state index is 13.9. The number of fused-ring (bicyclic) bond motifs is 1. The van der Waals surface area contributed by atoms with Crippen molar-refractivity contribution in [2.24, 2.45) is 0 Å². The first-order chi connectivity index (χ1) is 19.4. The second-order valence-corrected chi connectivity index (χ2v) is 10.4. The van der Waals surface area contributed by atoms with Gasteiger partial charge in [0.05, 0.1) is 6.61 Å². The van der Waals surface area contributed by atoms with E-state index in [2.05, 4.69) is 16.0 Å². The highest BCUT2D eigenvalue weighted by Crippen LogP contribution is 2.18. The molecule has 0 bridgehead atoms. The number of likely N-dealkylation sites (N-methyl/N-ethyl adjacent to an activating group) is 2. The van der Waals surface area contributed by atoms with Gasteiger partial charge in [0.1, 0.15) is 18.7 Å². The van der Waals surface area contributed by atoms with Crippen LogP contribution in [0, 0.1) is 0 Å². The minimum Gasteiger partial charge on any atom is -0.370 e. The molecule has 8 nitrogen and oxygen atoms in total. The average Bonchev–Trinajstić information content (AvgIpc) is 2.99. The first kappa shape index (κ1) is 29.2. The van der Waals surface area contributed by atoms with Gasteiger partial charge in [-0.1, -0.05) is 79.2 Å². The van der Waals surface area contributed by atoms with Gasteiger partial charge in [0.15, 0.2) is 0 Å². The number of nitrogens with one attached hydrogen (secondary N) is 3. The number of nitrogens with zero attached hydrogens (tertiary/aromatic N) is 1. The lowest BCUT2D eigenvalue weighted by molar-refractivity contribution is -0.142. The van der Waals surface area contributed by atoms with E-state index in [0.29, 0.717) is 13.0 Å². The van der Waals surface area contributed by atoms with Crippen molar-refractivity contribution in [3.05, 3.63) is 83.9 Å². The minimum absolute atomic E-state index is 0.133. The topological polar surface area (TPSA) is 99.8 Å². The maximum atomic E-state index is 13.9. The summed E-state index contributed by atoms with van der Waals surface area (Å²) in [7, 11) is 3.18. The number of rotatable bonds is 12. The summed E-state index contributed by atoms with van der Waals surface area (Å²) in [6.45, 7) is 1.28. The molecule has 1 fully saturated rings. The monoisotopic (exact) mass is 544 g/mol. The van der Waals surface area contributed by atoms with Crippen molar-refractivity contribution in [3.63, 3.8) is 0 Å². The van der Waals surface area contributed by atoms with E-state index in [1.807, 2.05) is 72.8 Å². The lowest BCUT2D eigenvalue weighted by Gasteiger charge is -2.31. The van der Waals surface area contributed by atoms with Crippen LogP contribution in [0.25, 0.3) is 10.8 Å². The first-order valence-corrected chi connectivity index (χ1v) is 14.0. The van der Waals surface area contributed by atoms with Crippen LogP contribution < -0.4 is 16.0 Å². The van der Waals surface area contributed by atoms with E-state index < -0.39 is 12.1 Å². The molecule has 0 saturated carbocycles. The molecule has 8 heteroatoms. The highest BCUT2D eigenvalue weighted by atomic mass is 16.5. The SMILES string of the molecule is CNC(=O)[C@@H](Cc1ccccc1)N(C)C(=O)[C@@H](Cc1ccc2ccccc2c1)NC(=O)COCC1CCCCN1. The average molecular weight is 545 g/mol. The van der Waals surface area contributed by atoms with Gasteiger partial charge in [0.2, 0.25) is 17.7 Å². The van der Waals surface area contributed by atoms with Crippen LogP contribution in [0.15, 0.2) is 72.8 Å². The molecule has 212 valence electrons. The molecule has 0 radical (unpaired) electrons. The summed E-state index contributed by atoms with van der Waals surface area (Å²) in [5, 5.41) is 11.1. The zero-order valence-electron chi connectivity index (χ0n) is 23.4. The van der Waals surface area contributed by atoms with E-state index in [1.54, 1.807) is 14.1 Å². The van der Waals surface area contributed by atoms with Gasteiger partial charge in [-0.25, -0.2) is 0 Å². The van der Waals surface area contributed by atoms with E-state index in [-0.39, 0.29) is 36.8 Å². The van der Waals surface area contributed by atoms with Crippen molar-refractivity contribution in [1.29, 1.82) is 0 Å². The Balaban J connectivity index is 1.50. The molecular weight excluding hydrogens is 504 g/mol. The predicted octanol–water partition coefficient (Wildman–Crippen LogP) is 2.84. The lowest BCUT2D eigenvalue weighted by atomic mass is 9.99. The largest absolute Gasteiger partial charge is 0.370 e. The van der Waals surface area contributed by atoms with Gasteiger partial charge in [0.25, 0.3) is 0 Å². The van der Waals surface area contributed by atoms with Crippen LogP contribution >= 0.6 is 0 Å². The molecule has 1 unspecified atom stereocenters. The highest BCUT2D eigenvalue weighted by molar-refractivity contribution is 5.92. The van der Waals surface area contributed by atoms with E-state index in [1.165, 1.54) is 4.90 Å². The van der Waals surface area contributed by atoms with E-state index in [9.17, 15) is 14.4 Å². The van der Waals surface area contributed by atoms with Crippen LogP contribution in [0.2, 0.25) is 0 Å². The summed E-state index contributed by atoms with van der Waals surface area (Å²) in [5.74, 6) is -0.957. The fourth-order valence-corrected chi connectivity index (χ4v) is 5.21. The van der Waals surface area contributed by atoms with Crippen LogP contribution in [0.3, 0.4) is 0 Å². The standard InChI is InChI=1S/C32H40N4O4/c1-33-31(38)29(20-23-10-4-3-5-11-23)36(2)32(39)28(19-24-15-16-25-12-6-7-13-26(25)18-24)35-30(37)22-40-21-27-14-8-9-17-34-27/h3-7,10-13,15-16,18,27-29,34H,8-9,14,17,19-22H2,1-2H3,(H,33,38)(H,35,37)/t27?,28-,29-/m1/s1. The Bertz CT molecular complexity index is 1280. The molecule has 1 heterocycles. The minimum atomic E-state index is -0.863. The Hall–Kier alpha value is -3.75. The van der Waals surface area contributed by atoms with E-state index >= 15 is 0 Å². The molecule has 1 saturated heterocycles. The van der Waals surface area contributed by atoms with Crippen LogP contribution in [-0.2, 0) is 32.0 Å². The number of hydrogen-bond acceptors (Lipinski definition) is 5. The molecular formula is C32H40N4O4. The molecule has 1 aliphatic heterocycles. The molecule has 3 amide bonds. The summed E-state index contributed by atoms with van der Waals surface area (Å²) in [6, 6.07) is 22.3. The van der Waals surface area contributed by atoms with Gasteiger partial charge in [0, 0.05) is 33.0 Å². The molecule has 3 atom stereocenters. The summed E-state index contributed by atoms with van der Waals surface area (Å²) < 4.78 is 5.70. The van der Waals surface area contributed by atoms with Crippen LogP contribution in [0.4, 0.5) is 0 Å². The Morgan fingerprint density at radius 1 is 0.950 bits per heavy atom. The molecule has 0 aliphatic carbocycles. The molecule has 3 N–H and O–H groups in total. The fraction of sp³-hybridized carbons (Fsp3) is 0.406. The van der Waals surface area contributed by atoms with E-state index in [0.717, 1.165) is 47.7 Å². The summed E-state index contributed by atoms with van der Waals surface area (Å²) in [6.07, 6.45) is 3.98. The van der Waals surface area contributed by atoms with Crippen molar-refractivity contribution in [1.82, 2.24) is 20.9 Å². The summed E-state index contributed by atoms with van der Waals surface area (Å²) in [4.78, 5) is 41.2. The van der Waals surface area contributed by atoms with Crippen molar-refractivity contribution >= 4 is 28.5 Å². The number of amides is 3. The number of carbonyl (C=O) groups excluding carboxylic acids is 3. The molecule has 0 spiro atoms. The molecule has 4 rings (SSSR count). The third kappa shape index (κ3) is 8.13. The molecule has 1 aliphatic rings. The number of carbonyl (C=O) groups is 3. The summed E-state index contributed by atoms with van der Waals surface area (Å²) in [5.41, 5.74) is 1.85. The third-order valence-electron chi connectivity index (χ3n) is 7.49. The van der Waals surface area contributed by atoms with Gasteiger partial charge in [-0.15, -0.1) is 0 Å². The first-order valence-electron chi connectivity index (χ1n) is 14.0. The highest BCUT2D eigenvalue weighted by Gasteiger charge is 2.32. The Morgan fingerprint density at radius 2 is 1.70 bits per heavy atom. The maximum Gasteiger partial charge on any atom is 0.246 e. The van der Waals surface area contributed by atoms with Crippen LogP contribution in [-0.4, -0.2) is 74.6 Å². The molecule has 0 aromatic heterocycles. The second-order valence-electron chi connectivity index (χ2n) is 10.4. The summed E-state index contributed by atoms with van der Waals surface area (Å²) >= 11 is 0. The third-order valence-corrected chi connectivity index (χ3v) is 7.49. The van der Waals surface area contributed by atoms with Gasteiger partial charge < -0.3 is 25.6 Å². The van der Waals surface area contributed by atoms with Crippen molar-refractivity contribution in [3.8, 4) is 0 Å². The number of benzene rings is 3. The van der Waals surface area contributed by atoms with Crippen LogP contribution in [0.5, 0.6) is 0 Å². The van der Waals surface area contributed by atoms with Crippen molar-refractivity contribution in [2.45, 2.75) is 50.2 Å². The smallest absolute Gasteiger partial charge is 0.246 e. The van der Waals surface area contributed by atoms with Crippen molar-refractivity contribution < 1.29 is 19.1 Å².